The largest absolute Gasteiger partial charge is 0.341 e. The van der Waals surface area contributed by atoms with Crippen molar-refractivity contribution in [2.75, 3.05) is 0 Å². The predicted molar refractivity (Wildman–Crippen MR) is 108 cm³/mol. The summed E-state index contributed by atoms with van der Waals surface area (Å²) in [5, 5.41) is 2.30. The molecule has 3 aromatic carbocycles. The number of aromatic nitrogens is 1. The molecule has 2 nitrogen and oxygen atoms in total. The maximum Gasteiger partial charge on any atom is 0.151 e. The first-order valence-electron chi connectivity index (χ1n) is 8.80. The Morgan fingerprint density at radius 1 is 0.923 bits per heavy atom. The SMILES string of the molecule is CCn1c2ccc(C)cc2c2cc(C=O)c(C#Cc3ccccc3)cc21. The minimum atomic E-state index is 0.637. The molecule has 126 valence electrons. The molecule has 0 fully saturated rings. The normalized spacial score (nSPS) is 10.7. The number of nitrogens with zero attached hydrogens (tertiary/aromatic N) is 1. The van der Waals surface area contributed by atoms with Crippen molar-refractivity contribution < 1.29 is 4.79 Å². The summed E-state index contributed by atoms with van der Waals surface area (Å²) < 4.78 is 2.28. The van der Waals surface area contributed by atoms with Crippen molar-refractivity contribution in [1.29, 1.82) is 0 Å². The van der Waals surface area contributed by atoms with Crippen molar-refractivity contribution in [3.63, 3.8) is 0 Å². The van der Waals surface area contributed by atoms with E-state index >= 15 is 0 Å². The van der Waals surface area contributed by atoms with E-state index in [0.29, 0.717) is 5.56 Å². The molecule has 0 N–H and O–H groups in total. The summed E-state index contributed by atoms with van der Waals surface area (Å²) in [7, 11) is 0. The van der Waals surface area contributed by atoms with Gasteiger partial charge in [0.2, 0.25) is 0 Å². The minimum absolute atomic E-state index is 0.637. The molecule has 2 heteroatoms. The number of benzene rings is 3. The molecule has 0 spiro atoms. The molecule has 0 saturated heterocycles. The molecular formula is C24H19NO. The summed E-state index contributed by atoms with van der Waals surface area (Å²) in [6.45, 7) is 5.10. The lowest BCUT2D eigenvalue weighted by Gasteiger charge is -2.04. The van der Waals surface area contributed by atoms with Gasteiger partial charge in [0.05, 0.1) is 5.52 Å². The summed E-state index contributed by atoms with van der Waals surface area (Å²) in [6.07, 6.45) is 0.902. The second-order valence-corrected chi connectivity index (χ2v) is 6.46. The molecule has 4 rings (SSSR count). The maximum absolute atomic E-state index is 11.7. The van der Waals surface area contributed by atoms with Crippen molar-refractivity contribution in [3.05, 3.63) is 82.9 Å². The molecule has 0 atom stereocenters. The van der Waals surface area contributed by atoms with Crippen LogP contribution in [-0.2, 0) is 6.54 Å². The smallest absolute Gasteiger partial charge is 0.151 e. The van der Waals surface area contributed by atoms with Gasteiger partial charge in [0.25, 0.3) is 0 Å². The highest BCUT2D eigenvalue weighted by Gasteiger charge is 2.12. The molecule has 0 radical (unpaired) electrons. The lowest BCUT2D eigenvalue weighted by molar-refractivity contribution is 0.112. The highest BCUT2D eigenvalue weighted by molar-refractivity contribution is 6.10. The molecule has 4 aromatic rings. The molecule has 0 aliphatic rings. The van der Waals surface area contributed by atoms with E-state index < -0.39 is 0 Å². The van der Waals surface area contributed by atoms with Gasteiger partial charge in [-0.25, -0.2) is 0 Å². The Morgan fingerprint density at radius 2 is 1.69 bits per heavy atom. The third-order valence-corrected chi connectivity index (χ3v) is 4.75. The molecule has 26 heavy (non-hydrogen) atoms. The van der Waals surface area contributed by atoms with Gasteiger partial charge in [-0.15, -0.1) is 0 Å². The van der Waals surface area contributed by atoms with Crippen LogP contribution in [0.4, 0.5) is 0 Å². The van der Waals surface area contributed by atoms with Gasteiger partial charge in [-0.2, -0.15) is 0 Å². The molecule has 0 unspecified atom stereocenters. The third kappa shape index (κ3) is 2.68. The van der Waals surface area contributed by atoms with Gasteiger partial charge in [-0.05, 0) is 50.2 Å². The zero-order valence-electron chi connectivity index (χ0n) is 14.9. The first-order valence-corrected chi connectivity index (χ1v) is 8.80. The minimum Gasteiger partial charge on any atom is -0.341 e. The topological polar surface area (TPSA) is 22.0 Å². The Morgan fingerprint density at radius 3 is 2.42 bits per heavy atom. The Bertz CT molecular complexity index is 1190. The molecule has 0 amide bonds. The van der Waals surface area contributed by atoms with Crippen LogP contribution in [0.3, 0.4) is 0 Å². The third-order valence-electron chi connectivity index (χ3n) is 4.75. The fourth-order valence-corrected chi connectivity index (χ4v) is 3.48. The van der Waals surface area contributed by atoms with Gasteiger partial charge in [0.15, 0.2) is 6.29 Å². The van der Waals surface area contributed by atoms with E-state index in [4.69, 9.17) is 0 Å². The average Bonchev–Trinajstić information content (AvgIpc) is 2.98. The number of hydrogen-bond donors (Lipinski definition) is 0. The number of fused-ring (bicyclic) bond motifs is 3. The van der Waals surface area contributed by atoms with Crippen LogP contribution in [0.15, 0.2) is 60.7 Å². The van der Waals surface area contributed by atoms with Gasteiger partial charge in [0.1, 0.15) is 0 Å². The van der Waals surface area contributed by atoms with E-state index in [1.165, 1.54) is 16.5 Å². The molecule has 1 heterocycles. The fraction of sp³-hybridized carbons (Fsp3) is 0.125. The Labute approximate surface area is 153 Å². The quantitative estimate of drug-likeness (QED) is 0.358. The van der Waals surface area contributed by atoms with E-state index in [0.717, 1.165) is 34.9 Å². The highest BCUT2D eigenvalue weighted by Crippen LogP contribution is 2.31. The molecule has 1 aromatic heterocycles. The summed E-state index contributed by atoms with van der Waals surface area (Å²) >= 11 is 0. The first-order chi connectivity index (χ1) is 12.7. The fourth-order valence-electron chi connectivity index (χ4n) is 3.48. The standard InChI is InChI=1S/C24H19NO/c1-3-25-23-12-9-17(2)13-21(23)22-14-20(16-26)19(15-24(22)25)11-10-18-7-5-4-6-8-18/h4-9,12-16H,3H2,1-2H3. The number of carbonyl (C=O) groups is 1. The molecule has 0 aliphatic heterocycles. The first kappa shape index (κ1) is 16.2. The van der Waals surface area contributed by atoms with E-state index in [1.54, 1.807) is 0 Å². The number of hydrogen-bond acceptors (Lipinski definition) is 1. The van der Waals surface area contributed by atoms with Crippen LogP contribution in [-0.4, -0.2) is 10.9 Å². The summed E-state index contributed by atoms with van der Waals surface area (Å²) in [6, 6.07) is 20.3. The molecule has 0 aliphatic carbocycles. The Hall–Kier alpha value is -3.31. The number of carbonyl (C=O) groups excluding carboxylic acids is 1. The second kappa shape index (κ2) is 6.54. The average molecular weight is 337 g/mol. The maximum atomic E-state index is 11.7. The zero-order chi connectivity index (χ0) is 18.1. The summed E-state index contributed by atoms with van der Waals surface area (Å²) in [5.41, 5.74) is 5.88. The van der Waals surface area contributed by atoms with Crippen LogP contribution < -0.4 is 0 Å². The summed E-state index contributed by atoms with van der Waals surface area (Å²) in [5.74, 6) is 6.35. The van der Waals surface area contributed by atoms with Crippen LogP contribution in [0.25, 0.3) is 21.8 Å². The lowest BCUT2D eigenvalue weighted by atomic mass is 10.0. The highest BCUT2D eigenvalue weighted by atomic mass is 16.1. The van der Waals surface area contributed by atoms with E-state index in [2.05, 4.69) is 48.5 Å². The van der Waals surface area contributed by atoms with Crippen molar-refractivity contribution >= 4 is 28.1 Å². The van der Waals surface area contributed by atoms with E-state index in [1.807, 2.05) is 42.5 Å². The van der Waals surface area contributed by atoms with Crippen LogP contribution in [0.5, 0.6) is 0 Å². The van der Waals surface area contributed by atoms with Crippen molar-refractivity contribution in [3.8, 4) is 11.8 Å². The molecule has 0 bridgehead atoms. The van der Waals surface area contributed by atoms with Crippen LogP contribution in [0, 0.1) is 18.8 Å². The van der Waals surface area contributed by atoms with E-state index in [-0.39, 0.29) is 0 Å². The summed E-state index contributed by atoms with van der Waals surface area (Å²) in [4.78, 5) is 11.7. The van der Waals surface area contributed by atoms with Crippen molar-refractivity contribution in [2.24, 2.45) is 0 Å². The van der Waals surface area contributed by atoms with Gasteiger partial charge in [-0.3, -0.25) is 4.79 Å². The Balaban J connectivity index is 1.99. The lowest BCUT2D eigenvalue weighted by Crippen LogP contribution is -1.95. The van der Waals surface area contributed by atoms with Crippen LogP contribution in [0.2, 0.25) is 0 Å². The van der Waals surface area contributed by atoms with Crippen LogP contribution in [0.1, 0.15) is 34.0 Å². The van der Waals surface area contributed by atoms with Crippen molar-refractivity contribution in [2.45, 2.75) is 20.4 Å². The van der Waals surface area contributed by atoms with Crippen molar-refractivity contribution in [1.82, 2.24) is 4.57 Å². The molecule has 0 saturated carbocycles. The Kier molecular flexibility index (Phi) is 4.07. The predicted octanol–water partition coefficient (Wildman–Crippen LogP) is 5.34. The number of rotatable bonds is 2. The number of aldehydes is 1. The second-order valence-electron chi connectivity index (χ2n) is 6.46. The van der Waals surface area contributed by atoms with Gasteiger partial charge >= 0.3 is 0 Å². The zero-order valence-corrected chi connectivity index (χ0v) is 14.9. The van der Waals surface area contributed by atoms with Crippen LogP contribution >= 0.6 is 0 Å². The van der Waals surface area contributed by atoms with Gasteiger partial charge in [0, 0.05) is 39.5 Å². The van der Waals surface area contributed by atoms with Gasteiger partial charge in [-0.1, -0.05) is 41.7 Å². The van der Waals surface area contributed by atoms with Gasteiger partial charge < -0.3 is 4.57 Å². The molecular weight excluding hydrogens is 318 g/mol. The number of aryl methyl sites for hydroxylation is 2. The monoisotopic (exact) mass is 337 g/mol. The van der Waals surface area contributed by atoms with E-state index in [9.17, 15) is 4.79 Å².